The topological polar surface area (TPSA) is 26.3 Å². The summed E-state index contributed by atoms with van der Waals surface area (Å²) in [5.41, 5.74) is -0.600. The summed E-state index contributed by atoms with van der Waals surface area (Å²) < 4.78 is 43.4. The molecule has 1 aliphatic carbocycles. The van der Waals surface area contributed by atoms with Gasteiger partial charge in [0, 0.05) is 0 Å². The zero-order valence-electron chi connectivity index (χ0n) is 12.6. The van der Waals surface area contributed by atoms with Crippen LogP contribution in [0.1, 0.15) is 65.7 Å². The van der Waals surface area contributed by atoms with Crippen molar-refractivity contribution >= 4 is 5.97 Å². The molecule has 0 bridgehead atoms. The van der Waals surface area contributed by atoms with Gasteiger partial charge in [-0.1, -0.05) is 33.1 Å². The van der Waals surface area contributed by atoms with Crippen LogP contribution in [-0.4, -0.2) is 17.7 Å². The van der Waals surface area contributed by atoms with Crippen molar-refractivity contribution in [2.24, 2.45) is 11.8 Å². The summed E-state index contributed by atoms with van der Waals surface area (Å²) in [6.07, 6.45) is 2.44. The highest BCUT2D eigenvalue weighted by Crippen LogP contribution is 2.35. The van der Waals surface area contributed by atoms with Gasteiger partial charge in [0.1, 0.15) is 5.60 Å². The highest BCUT2D eigenvalue weighted by Gasteiger charge is 2.44. The van der Waals surface area contributed by atoms with Crippen LogP contribution in [0.25, 0.3) is 0 Å². The van der Waals surface area contributed by atoms with E-state index in [0.29, 0.717) is 0 Å². The van der Waals surface area contributed by atoms with Gasteiger partial charge >= 0.3 is 12.1 Å². The predicted octanol–water partition coefficient (Wildman–Crippen LogP) is 4.87. The molecule has 0 saturated heterocycles. The van der Waals surface area contributed by atoms with Crippen LogP contribution in [0, 0.1) is 11.8 Å². The molecule has 0 aromatic carbocycles. The number of hydrogen-bond donors (Lipinski definition) is 0. The molecule has 0 radical (unpaired) electrons. The fourth-order valence-corrected chi connectivity index (χ4v) is 2.58. The minimum Gasteiger partial charge on any atom is -0.459 e. The molecule has 1 fully saturated rings. The number of rotatable bonds is 3. The van der Waals surface area contributed by atoms with Crippen molar-refractivity contribution in [2.75, 3.05) is 0 Å². The molecule has 2 nitrogen and oxygen atoms in total. The van der Waals surface area contributed by atoms with E-state index in [1.165, 1.54) is 13.3 Å². The maximum Gasteiger partial charge on any atom is 0.392 e. The highest BCUT2D eigenvalue weighted by atomic mass is 19.4. The van der Waals surface area contributed by atoms with Crippen molar-refractivity contribution in [1.82, 2.24) is 0 Å². The summed E-state index contributed by atoms with van der Waals surface area (Å²) in [5.74, 6) is -3.55. The molecule has 1 saturated carbocycles. The number of ether oxygens (including phenoxy) is 1. The van der Waals surface area contributed by atoms with Gasteiger partial charge in [-0.2, -0.15) is 13.2 Å². The second-order valence-electron chi connectivity index (χ2n) is 6.26. The Hall–Kier alpha value is -0.740. The number of hydrogen-bond acceptors (Lipinski definition) is 2. The third kappa shape index (κ3) is 4.98. The molecule has 2 unspecified atom stereocenters. The smallest absolute Gasteiger partial charge is 0.392 e. The van der Waals surface area contributed by atoms with Gasteiger partial charge in [-0.3, -0.25) is 4.79 Å². The van der Waals surface area contributed by atoms with Gasteiger partial charge in [-0.15, -0.1) is 0 Å². The first-order chi connectivity index (χ1) is 9.16. The molecule has 0 amide bonds. The maximum absolute atomic E-state index is 12.6. The summed E-state index contributed by atoms with van der Waals surface area (Å²) >= 11 is 0. The average molecular weight is 294 g/mol. The summed E-state index contributed by atoms with van der Waals surface area (Å²) in [6.45, 7) is 4.18. The predicted molar refractivity (Wildman–Crippen MR) is 71.2 cm³/mol. The summed E-state index contributed by atoms with van der Waals surface area (Å²) in [5, 5.41) is 0. The Morgan fingerprint density at radius 1 is 1.05 bits per heavy atom. The lowest BCUT2D eigenvalue weighted by Gasteiger charge is -2.33. The molecule has 2 atom stereocenters. The molecule has 0 aromatic heterocycles. The van der Waals surface area contributed by atoms with Crippen LogP contribution >= 0.6 is 0 Å². The van der Waals surface area contributed by atoms with Gasteiger partial charge in [0.05, 0.1) is 11.8 Å². The molecule has 0 aromatic rings. The van der Waals surface area contributed by atoms with Crippen LogP contribution in [0.3, 0.4) is 0 Å². The zero-order valence-corrected chi connectivity index (χ0v) is 12.6. The molecule has 118 valence electrons. The second-order valence-corrected chi connectivity index (χ2v) is 6.26. The van der Waals surface area contributed by atoms with Crippen molar-refractivity contribution < 1.29 is 22.7 Å². The quantitative estimate of drug-likeness (QED) is 0.694. The molecule has 20 heavy (non-hydrogen) atoms. The van der Waals surface area contributed by atoms with Gasteiger partial charge in [0.2, 0.25) is 0 Å². The first-order valence-corrected chi connectivity index (χ1v) is 7.45. The lowest BCUT2D eigenvalue weighted by atomic mass is 9.88. The molecule has 0 heterocycles. The summed E-state index contributed by atoms with van der Waals surface area (Å²) in [4.78, 5) is 12.0. The van der Waals surface area contributed by atoms with E-state index in [0.717, 1.165) is 45.4 Å². The van der Waals surface area contributed by atoms with Crippen molar-refractivity contribution in [2.45, 2.75) is 77.5 Å². The van der Waals surface area contributed by atoms with E-state index in [9.17, 15) is 18.0 Å². The van der Waals surface area contributed by atoms with Gasteiger partial charge in [0.15, 0.2) is 0 Å². The van der Waals surface area contributed by atoms with Crippen molar-refractivity contribution in [1.29, 1.82) is 0 Å². The third-order valence-electron chi connectivity index (χ3n) is 4.40. The number of esters is 1. The van der Waals surface area contributed by atoms with E-state index in [2.05, 4.69) is 0 Å². The standard InChI is InChI=1S/C15H25F3O2/c1-11(12(2)15(16,17)18)13(19)20-14(3)9-7-5-4-6-8-10-14/h11-12H,4-10H2,1-3H3. The summed E-state index contributed by atoms with van der Waals surface area (Å²) in [6, 6.07) is 0. The lowest BCUT2D eigenvalue weighted by molar-refractivity contribution is -0.199. The lowest BCUT2D eigenvalue weighted by Crippen LogP contribution is -2.38. The minimum absolute atomic E-state index is 0.600. The van der Waals surface area contributed by atoms with E-state index in [1.807, 2.05) is 6.92 Å². The molecular formula is C15H25F3O2. The SMILES string of the molecule is CC(C(=O)OC1(C)CCCCCCC1)C(C)C(F)(F)F. The van der Waals surface area contributed by atoms with Gasteiger partial charge in [-0.05, 0) is 32.6 Å². The van der Waals surface area contributed by atoms with E-state index < -0.39 is 29.6 Å². The fraction of sp³-hybridized carbons (Fsp3) is 0.933. The van der Waals surface area contributed by atoms with Crippen molar-refractivity contribution in [3.63, 3.8) is 0 Å². The molecule has 0 aliphatic heterocycles. The molecule has 1 rings (SSSR count). The fourth-order valence-electron chi connectivity index (χ4n) is 2.58. The average Bonchev–Trinajstić information content (AvgIpc) is 2.31. The van der Waals surface area contributed by atoms with E-state index in [-0.39, 0.29) is 0 Å². The second kappa shape index (κ2) is 6.81. The Balaban J connectivity index is 2.63. The van der Waals surface area contributed by atoms with Gasteiger partial charge in [-0.25, -0.2) is 0 Å². The summed E-state index contributed by atoms with van der Waals surface area (Å²) in [7, 11) is 0. The maximum atomic E-state index is 12.6. The molecular weight excluding hydrogens is 269 g/mol. The van der Waals surface area contributed by atoms with Crippen molar-refractivity contribution in [3.8, 4) is 0 Å². The molecule has 0 spiro atoms. The highest BCUT2D eigenvalue weighted by molar-refractivity contribution is 5.73. The van der Waals surface area contributed by atoms with Crippen LogP contribution in [-0.2, 0) is 9.53 Å². The molecule has 0 N–H and O–H groups in total. The van der Waals surface area contributed by atoms with Crippen LogP contribution in [0.15, 0.2) is 0 Å². The monoisotopic (exact) mass is 294 g/mol. The molecule has 1 aliphatic rings. The van der Waals surface area contributed by atoms with Gasteiger partial charge in [0.25, 0.3) is 0 Å². The van der Waals surface area contributed by atoms with Crippen LogP contribution < -0.4 is 0 Å². The number of carbonyl (C=O) groups excluding carboxylic acids is 1. The van der Waals surface area contributed by atoms with E-state index >= 15 is 0 Å². The first-order valence-electron chi connectivity index (χ1n) is 7.45. The van der Waals surface area contributed by atoms with E-state index in [1.54, 1.807) is 0 Å². The van der Waals surface area contributed by atoms with Crippen LogP contribution in [0.5, 0.6) is 0 Å². The van der Waals surface area contributed by atoms with E-state index in [4.69, 9.17) is 4.74 Å². The zero-order chi connectivity index (χ0) is 15.4. The first kappa shape index (κ1) is 17.3. The Morgan fingerprint density at radius 2 is 1.50 bits per heavy atom. The number of halogens is 3. The largest absolute Gasteiger partial charge is 0.459 e. The van der Waals surface area contributed by atoms with Crippen LogP contribution in [0.4, 0.5) is 13.2 Å². The normalized spacial score (nSPS) is 23.3. The third-order valence-corrected chi connectivity index (χ3v) is 4.40. The number of carbonyl (C=O) groups is 1. The molecule has 5 heteroatoms. The van der Waals surface area contributed by atoms with Crippen molar-refractivity contribution in [3.05, 3.63) is 0 Å². The van der Waals surface area contributed by atoms with Gasteiger partial charge < -0.3 is 4.74 Å². The Morgan fingerprint density at radius 3 is 1.95 bits per heavy atom. The Bertz CT molecular complexity index is 318. The Kier molecular flexibility index (Phi) is 5.90. The Labute approximate surface area is 119 Å². The van der Waals surface area contributed by atoms with Crippen LogP contribution in [0.2, 0.25) is 0 Å². The minimum atomic E-state index is -4.36. The number of alkyl halides is 3.